The molecule has 2 aromatic rings. The minimum absolute atomic E-state index is 0.0332. The fourth-order valence-electron chi connectivity index (χ4n) is 3.39. The van der Waals surface area contributed by atoms with Crippen molar-refractivity contribution < 1.29 is 19.5 Å². The molecule has 0 aliphatic carbocycles. The summed E-state index contributed by atoms with van der Waals surface area (Å²) >= 11 is 0. The van der Waals surface area contributed by atoms with Gasteiger partial charge in [0.05, 0.1) is 0 Å². The van der Waals surface area contributed by atoms with Crippen LogP contribution in [-0.2, 0) is 11.2 Å². The Morgan fingerprint density at radius 1 is 1.10 bits per heavy atom. The number of carbonyl (C=O) groups is 3. The molecule has 3 amide bonds. The first-order valence-electron chi connectivity index (χ1n) is 9.56. The number of carbonyl (C=O) groups excluding carboxylic acids is 2. The van der Waals surface area contributed by atoms with Crippen molar-refractivity contribution in [2.75, 3.05) is 16.8 Å². The number of anilines is 2. The first-order chi connectivity index (χ1) is 13.7. The average Bonchev–Trinajstić information content (AvgIpc) is 3.10. The Labute approximate surface area is 169 Å². The highest BCUT2D eigenvalue weighted by Crippen LogP contribution is 2.29. The lowest BCUT2D eigenvalue weighted by Gasteiger charge is -2.25. The van der Waals surface area contributed by atoms with Crippen molar-refractivity contribution in [3.8, 4) is 0 Å². The molecule has 7 nitrogen and oxygen atoms in total. The molecule has 29 heavy (non-hydrogen) atoms. The van der Waals surface area contributed by atoms with Gasteiger partial charge in [-0.15, -0.1) is 0 Å². The number of urea groups is 1. The second-order valence-electron chi connectivity index (χ2n) is 7.77. The Morgan fingerprint density at radius 3 is 2.62 bits per heavy atom. The van der Waals surface area contributed by atoms with Crippen molar-refractivity contribution in [2.45, 2.75) is 38.6 Å². The van der Waals surface area contributed by atoms with Gasteiger partial charge in [-0.3, -0.25) is 9.59 Å². The molecule has 7 heteroatoms. The minimum Gasteiger partial charge on any atom is -0.481 e. The summed E-state index contributed by atoms with van der Waals surface area (Å²) in [6.07, 6.45) is 1.10. The molecule has 3 N–H and O–H groups in total. The van der Waals surface area contributed by atoms with Crippen LogP contribution in [0.2, 0.25) is 0 Å². The second kappa shape index (κ2) is 8.34. The molecule has 3 rings (SSSR count). The molecule has 2 aromatic carbocycles. The van der Waals surface area contributed by atoms with Crippen molar-refractivity contribution in [1.82, 2.24) is 5.32 Å². The van der Waals surface area contributed by atoms with E-state index in [1.54, 1.807) is 43.0 Å². The first-order valence-corrected chi connectivity index (χ1v) is 9.56. The second-order valence-corrected chi connectivity index (χ2v) is 7.77. The smallest absolute Gasteiger partial charge is 0.319 e. The molecule has 1 aliphatic rings. The third-order valence-electron chi connectivity index (χ3n) is 4.92. The van der Waals surface area contributed by atoms with Crippen LogP contribution >= 0.6 is 0 Å². The predicted molar refractivity (Wildman–Crippen MR) is 111 cm³/mol. The van der Waals surface area contributed by atoms with Crippen LogP contribution in [0.5, 0.6) is 0 Å². The largest absolute Gasteiger partial charge is 0.481 e. The molecular formula is C22H25N3O4. The highest BCUT2D eigenvalue weighted by atomic mass is 16.4. The zero-order valence-electron chi connectivity index (χ0n) is 16.6. The molecule has 152 valence electrons. The number of para-hydroxylation sites is 1. The lowest BCUT2D eigenvalue weighted by molar-refractivity contribution is -0.137. The predicted octanol–water partition coefficient (Wildman–Crippen LogP) is 3.65. The number of nitrogens with zero attached hydrogens (tertiary/aromatic N) is 1. The zero-order valence-corrected chi connectivity index (χ0v) is 16.6. The first kappa shape index (κ1) is 20.4. The molecular weight excluding hydrogens is 370 g/mol. The van der Waals surface area contributed by atoms with Crippen LogP contribution in [0, 0.1) is 0 Å². The summed E-state index contributed by atoms with van der Waals surface area (Å²) in [7, 11) is 0. The van der Waals surface area contributed by atoms with Crippen molar-refractivity contribution in [1.29, 1.82) is 0 Å². The molecule has 0 saturated heterocycles. The molecule has 1 heterocycles. The molecule has 0 radical (unpaired) electrons. The summed E-state index contributed by atoms with van der Waals surface area (Å²) in [5.41, 5.74) is 2.39. The van der Waals surface area contributed by atoms with Gasteiger partial charge in [-0.2, -0.15) is 0 Å². The van der Waals surface area contributed by atoms with Gasteiger partial charge in [0.25, 0.3) is 5.91 Å². The quantitative estimate of drug-likeness (QED) is 0.695. The van der Waals surface area contributed by atoms with Crippen LogP contribution in [0.15, 0.2) is 48.5 Å². The third-order valence-corrected chi connectivity index (χ3v) is 4.92. The van der Waals surface area contributed by atoms with E-state index in [1.165, 1.54) is 0 Å². The molecule has 0 aromatic heterocycles. The number of rotatable bonds is 6. The molecule has 0 unspecified atom stereocenters. The summed E-state index contributed by atoms with van der Waals surface area (Å²) in [6, 6.07) is 14.2. The maximum Gasteiger partial charge on any atom is 0.319 e. The van der Waals surface area contributed by atoms with Gasteiger partial charge in [-0.05, 0) is 56.5 Å². The lowest BCUT2D eigenvalue weighted by Crippen LogP contribution is -2.45. The van der Waals surface area contributed by atoms with E-state index in [2.05, 4.69) is 10.6 Å². The number of nitrogens with one attached hydrogen (secondary N) is 2. The average molecular weight is 395 g/mol. The van der Waals surface area contributed by atoms with Gasteiger partial charge in [0.1, 0.15) is 0 Å². The lowest BCUT2D eigenvalue weighted by atomic mass is 9.99. The maximum absolute atomic E-state index is 13.0. The number of amides is 3. The maximum atomic E-state index is 13.0. The fourth-order valence-corrected chi connectivity index (χ4v) is 3.39. The van der Waals surface area contributed by atoms with Crippen LogP contribution in [0.25, 0.3) is 0 Å². The number of carboxylic acid groups (broad SMARTS) is 1. The van der Waals surface area contributed by atoms with E-state index in [4.69, 9.17) is 5.11 Å². The highest BCUT2D eigenvalue weighted by molar-refractivity contribution is 6.08. The normalized spacial score (nSPS) is 13.0. The Morgan fingerprint density at radius 2 is 1.86 bits per heavy atom. The van der Waals surface area contributed by atoms with E-state index in [-0.39, 0.29) is 12.3 Å². The number of carboxylic acids is 1. The molecule has 0 fully saturated rings. The third kappa shape index (κ3) is 5.13. The summed E-state index contributed by atoms with van der Waals surface area (Å²) in [6.45, 7) is 4.16. The van der Waals surface area contributed by atoms with Gasteiger partial charge in [-0.1, -0.05) is 24.3 Å². The van der Waals surface area contributed by atoms with Gasteiger partial charge < -0.3 is 20.6 Å². The monoisotopic (exact) mass is 395 g/mol. The molecule has 0 atom stereocenters. The minimum atomic E-state index is -0.907. The van der Waals surface area contributed by atoms with E-state index >= 15 is 0 Å². The van der Waals surface area contributed by atoms with Gasteiger partial charge in [0, 0.05) is 35.4 Å². The van der Waals surface area contributed by atoms with E-state index < -0.39 is 17.5 Å². The number of benzene rings is 2. The van der Waals surface area contributed by atoms with Gasteiger partial charge in [-0.25, -0.2) is 4.79 Å². The Balaban J connectivity index is 1.66. The Bertz CT molecular complexity index is 939. The Hall–Kier alpha value is -3.35. The zero-order chi connectivity index (χ0) is 21.0. The number of hydrogen-bond acceptors (Lipinski definition) is 3. The van der Waals surface area contributed by atoms with Crippen molar-refractivity contribution in [2.24, 2.45) is 0 Å². The van der Waals surface area contributed by atoms with Crippen LogP contribution in [0.1, 0.15) is 42.6 Å². The SMILES string of the molecule is CC(C)(CCC(=O)O)NC(=O)Nc1cccc(C(=O)N2CCc3ccccc32)c1. The number of hydrogen-bond donors (Lipinski definition) is 3. The van der Waals surface area contributed by atoms with Crippen molar-refractivity contribution >= 4 is 29.3 Å². The summed E-state index contributed by atoms with van der Waals surface area (Å²) in [5.74, 6) is -1.02. The van der Waals surface area contributed by atoms with Crippen LogP contribution in [-0.4, -0.2) is 35.1 Å². The fraction of sp³-hybridized carbons (Fsp3) is 0.318. The molecule has 0 saturated carbocycles. The van der Waals surface area contributed by atoms with E-state index in [0.29, 0.717) is 24.2 Å². The van der Waals surface area contributed by atoms with Gasteiger partial charge in [0.2, 0.25) is 0 Å². The topological polar surface area (TPSA) is 98.7 Å². The summed E-state index contributed by atoms with van der Waals surface area (Å²) in [4.78, 5) is 37.8. The van der Waals surface area contributed by atoms with Crippen LogP contribution in [0.3, 0.4) is 0 Å². The summed E-state index contributed by atoms with van der Waals surface area (Å²) in [5, 5.41) is 14.3. The molecule has 1 aliphatic heterocycles. The van der Waals surface area contributed by atoms with E-state index in [1.807, 2.05) is 24.3 Å². The standard InChI is InChI=1S/C22H25N3O4/c1-22(2,12-10-19(26)27)24-21(29)23-17-8-5-7-16(14-17)20(28)25-13-11-15-6-3-4-9-18(15)25/h3-9,14H,10-13H2,1-2H3,(H,26,27)(H2,23,24,29). The number of fused-ring (bicyclic) bond motifs is 1. The van der Waals surface area contributed by atoms with Crippen molar-refractivity contribution in [3.63, 3.8) is 0 Å². The van der Waals surface area contributed by atoms with Gasteiger partial charge >= 0.3 is 12.0 Å². The van der Waals surface area contributed by atoms with E-state index in [9.17, 15) is 14.4 Å². The van der Waals surface area contributed by atoms with Crippen LogP contribution < -0.4 is 15.5 Å². The molecule has 0 bridgehead atoms. The van der Waals surface area contributed by atoms with Crippen LogP contribution in [0.4, 0.5) is 16.2 Å². The summed E-state index contributed by atoms with van der Waals surface area (Å²) < 4.78 is 0. The number of aliphatic carboxylic acids is 1. The molecule has 0 spiro atoms. The Kier molecular flexibility index (Phi) is 5.87. The van der Waals surface area contributed by atoms with Crippen molar-refractivity contribution in [3.05, 3.63) is 59.7 Å². The van der Waals surface area contributed by atoms with E-state index in [0.717, 1.165) is 17.7 Å². The van der Waals surface area contributed by atoms with Gasteiger partial charge in [0.15, 0.2) is 0 Å². The highest BCUT2D eigenvalue weighted by Gasteiger charge is 2.25.